The SMILES string of the molecule is CC1CCN(c2ccc(CN)cc2Br)C1. The number of halogens is 1. The molecule has 0 aliphatic carbocycles. The second-order valence-electron chi connectivity index (χ2n) is 4.33. The van der Waals surface area contributed by atoms with Crippen molar-refractivity contribution in [3.8, 4) is 0 Å². The van der Waals surface area contributed by atoms with Crippen molar-refractivity contribution in [3.05, 3.63) is 28.2 Å². The molecule has 2 rings (SSSR count). The van der Waals surface area contributed by atoms with E-state index in [1.54, 1.807) is 0 Å². The molecule has 2 N–H and O–H groups in total. The van der Waals surface area contributed by atoms with Crippen LogP contribution >= 0.6 is 15.9 Å². The molecule has 1 aliphatic rings. The number of rotatable bonds is 2. The molecule has 1 aliphatic heterocycles. The van der Waals surface area contributed by atoms with Gasteiger partial charge in [-0.05, 0) is 46.0 Å². The number of anilines is 1. The molecule has 1 saturated heterocycles. The Morgan fingerprint density at radius 2 is 2.33 bits per heavy atom. The molecule has 1 unspecified atom stereocenters. The van der Waals surface area contributed by atoms with Crippen LogP contribution in [-0.2, 0) is 6.54 Å². The maximum atomic E-state index is 5.61. The largest absolute Gasteiger partial charge is 0.370 e. The van der Waals surface area contributed by atoms with Crippen LogP contribution in [0.15, 0.2) is 22.7 Å². The summed E-state index contributed by atoms with van der Waals surface area (Å²) >= 11 is 3.62. The Balaban J connectivity index is 2.21. The van der Waals surface area contributed by atoms with Crippen LogP contribution < -0.4 is 10.6 Å². The first-order valence-electron chi connectivity index (χ1n) is 5.44. The highest BCUT2D eigenvalue weighted by Crippen LogP contribution is 2.31. The van der Waals surface area contributed by atoms with Crippen LogP contribution in [0.2, 0.25) is 0 Å². The molecule has 0 spiro atoms. The van der Waals surface area contributed by atoms with E-state index >= 15 is 0 Å². The highest BCUT2D eigenvalue weighted by atomic mass is 79.9. The minimum Gasteiger partial charge on any atom is -0.370 e. The van der Waals surface area contributed by atoms with E-state index in [0.717, 1.165) is 5.92 Å². The summed E-state index contributed by atoms with van der Waals surface area (Å²) in [4.78, 5) is 2.44. The van der Waals surface area contributed by atoms with E-state index in [-0.39, 0.29) is 0 Å². The normalized spacial score (nSPS) is 21.0. The van der Waals surface area contributed by atoms with Gasteiger partial charge in [-0.1, -0.05) is 13.0 Å². The van der Waals surface area contributed by atoms with E-state index in [9.17, 15) is 0 Å². The number of hydrogen-bond acceptors (Lipinski definition) is 2. The number of nitrogens with two attached hydrogens (primary N) is 1. The highest BCUT2D eigenvalue weighted by molar-refractivity contribution is 9.10. The molecule has 1 heterocycles. The summed E-state index contributed by atoms with van der Waals surface area (Å²) in [5.41, 5.74) is 8.09. The van der Waals surface area contributed by atoms with Crippen LogP contribution in [-0.4, -0.2) is 13.1 Å². The van der Waals surface area contributed by atoms with Gasteiger partial charge in [0.1, 0.15) is 0 Å². The van der Waals surface area contributed by atoms with Gasteiger partial charge in [0.25, 0.3) is 0 Å². The number of hydrogen-bond donors (Lipinski definition) is 1. The predicted molar refractivity (Wildman–Crippen MR) is 68.0 cm³/mol. The molecule has 1 aromatic rings. The van der Waals surface area contributed by atoms with Crippen LogP contribution in [0.4, 0.5) is 5.69 Å². The van der Waals surface area contributed by atoms with Gasteiger partial charge >= 0.3 is 0 Å². The minimum absolute atomic E-state index is 0.606. The Morgan fingerprint density at radius 3 is 2.87 bits per heavy atom. The number of benzene rings is 1. The quantitative estimate of drug-likeness (QED) is 0.894. The molecular weight excluding hydrogens is 252 g/mol. The molecule has 0 aromatic heterocycles. The molecule has 0 radical (unpaired) electrons. The topological polar surface area (TPSA) is 29.3 Å². The molecule has 0 bridgehead atoms. The van der Waals surface area contributed by atoms with Crippen molar-refractivity contribution in [1.29, 1.82) is 0 Å². The zero-order chi connectivity index (χ0) is 10.8. The van der Waals surface area contributed by atoms with Gasteiger partial charge in [0, 0.05) is 24.1 Å². The maximum absolute atomic E-state index is 5.61. The Bertz CT molecular complexity index is 351. The van der Waals surface area contributed by atoms with Gasteiger partial charge in [0.15, 0.2) is 0 Å². The van der Waals surface area contributed by atoms with Crippen molar-refractivity contribution in [3.63, 3.8) is 0 Å². The Morgan fingerprint density at radius 1 is 1.53 bits per heavy atom. The summed E-state index contributed by atoms with van der Waals surface area (Å²) < 4.78 is 1.17. The Kier molecular flexibility index (Phi) is 3.32. The lowest BCUT2D eigenvalue weighted by molar-refractivity contribution is 0.659. The first-order chi connectivity index (χ1) is 7.20. The van der Waals surface area contributed by atoms with Crippen molar-refractivity contribution < 1.29 is 0 Å². The molecule has 3 heteroatoms. The van der Waals surface area contributed by atoms with Crippen LogP contribution in [0, 0.1) is 5.92 Å². The van der Waals surface area contributed by atoms with Crippen LogP contribution in [0.5, 0.6) is 0 Å². The van der Waals surface area contributed by atoms with E-state index in [0.29, 0.717) is 6.54 Å². The predicted octanol–water partition coefficient (Wildman–Crippen LogP) is 2.75. The zero-order valence-corrected chi connectivity index (χ0v) is 10.6. The van der Waals surface area contributed by atoms with Crippen LogP contribution in [0.25, 0.3) is 0 Å². The fraction of sp³-hybridized carbons (Fsp3) is 0.500. The fourth-order valence-electron chi connectivity index (χ4n) is 2.09. The lowest BCUT2D eigenvalue weighted by atomic mass is 10.2. The zero-order valence-electron chi connectivity index (χ0n) is 9.04. The van der Waals surface area contributed by atoms with Gasteiger partial charge in [0.2, 0.25) is 0 Å². The standard InChI is InChI=1S/C12H17BrN2/c1-9-4-5-15(8-9)12-3-2-10(7-14)6-11(12)13/h2-3,6,9H,4-5,7-8,14H2,1H3. The van der Waals surface area contributed by atoms with Crippen LogP contribution in [0.1, 0.15) is 18.9 Å². The molecule has 1 fully saturated rings. The van der Waals surface area contributed by atoms with Gasteiger partial charge in [-0.3, -0.25) is 0 Å². The van der Waals surface area contributed by atoms with Gasteiger partial charge in [-0.2, -0.15) is 0 Å². The van der Waals surface area contributed by atoms with E-state index in [4.69, 9.17) is 5.73 Å². The lowest BCUT2D eigenvalue weighted by Gasteiger charge is -2.20. The second-order valence-corrected chi connectivity index (χ2v) is 5.18. The molecule has 1 aromatic carbocycles. The first kappa shape index (κ1) is 11.0. The summed E-state index contributed by atoms with van der Waals surface area (Å²) in [5.74, 6) is 0.811. The van der Waals surface area contributed by atoms with Gasteiger partial charge in [-0.15, -0.1) is 0 Å². The third kappa shape index (κ3) is 2.34. The van der Waals surface area contributed by atoms with E-state index in [1.807, 2.05) is 0 Å². The van der Waals surface area contributed by atoms with Gasteiger partial charge < -0.3 is 10.6 Å². The number of nitrogens with zero attached hydrogens (tertiary/aromatic N) is 1. The van der Waals surface area contributed by atoms with Crippen molar-refractivity contribution in [2.45, 2.75) is 19.9 Å². The molecule has 0 saturated carbocycles. The summed E-state index contributed by atoms with van der Waals surface area (Å²) in [6, 6.07) is 6.41. The third-order valence-electron chi connectivity index (χ3n) is 3.01. The Labute approximate surface area is 99.6 Å². The monoisotopic (exact) mass is 268 g/mol. The van der Waals surface area contributed by atoms with E-state index < -0.39 is 0 Å². The third-order valence-corrected chi connectivity index (χ3v) is 3.65. The summed E-state index contributed by atoms with van der Waals surface area (Å²) in [7, 11) is 0. The van der Waals surface area contributed by atoms with Crippen molar-refractivity contribution in [2.75, 3.05) is 18.0 Å². The smallest absolute Gasteiger partial charge is 0.0510 e. The summed E-state index contributed by atoms with van der Waals surface area (Å²) in [6.07, 6.45) is 1.30. The fourth-order valence-corrected chi connectivity index (χ4v) is 2.76. The average molecular weight is 269 g/mol. The Hall–Kier alpha value is -0.540. The molecule has 82 valence electrons. The molecule has 1 atom stereocenters. The molecular formula is C12H17BrN2. The minimum atomic E-state index is 0.606. The molecule has 2 nitrogen and oxygen atoms in total. The first-order valence-corrected chi connectivity index (χ1v) is 6.23. The highest BCUT2D eigenvalue weighted by Gasteiger charge is 2.20. The lowest BCUT2D eigenvalue weighted by Crippen LogP contribution is -2.19. The van der Waals surface area contributed by atoms with Gasteiger partial charge in [0.05, 0.1) is 5.69 Å². The molecule has 15 heavy (non-hydrogen) atoms. The average Bonchev–Trinajstić information content (AvgIpc) is 2.64. The summed E-state index contributed by atoms with van der Waals surface area (Å²) in [6.45, 7) is 5.25. The van der Waals surface area contributed by atoms with E-state index in [1.165, 1.54) is 35.2 Å². The van der Waals surface area contributed by atoms with Gasteiger partial charge in [-0.25, -0.2) is 0 Å². The maximum Gasteiger partial charge on any atom is 0.0510 e. The van der Waals surface area contributed by atoms with Crippen molar-refractivity contribution in [1.82, 2.24) is 0 Å². The second kappa shape index (κ2) is 4.54. The molecule has 0 amide bonds. The summed E-state index contributed by atoms with van der Waals surface area (Å²) in [5, 5.41) is 0. The van der Waals surface area contributed by atoms with Crippen molar-refractivity contribution >= 4 is 21.6 Å². The van der Waals surface area contributed by atoms with Crippen LogP contribution in [0.3, 0.4) is 0 Å². The van der Waals surface area contributed by atoms with E-state index in [2.05, 4.69) is 46.0 Å². The van der Waals surface area contributed by atoms with Crippen molar-refractivity contribution in [2.24, 2.45) is 11.7 Å².